The molecule has 3 aliphatic heterocycles. The summed E-state index contributed by atoms with van der Waals surface area (Å²) in [5.74, 6) is 0.398. The topological polar surface area (TPSA) is 89.1 Å². The van der Waals surface area contributed by atoms with Crippen molar-refractivity contribution in [2.75, 3.05) is 35.8 Å². The Morgan fingerprint density at radius 1 is 0.431 bits per heavy atom. The molecule has 13 heteroatoms. The van der Waals surface area contributed by atoms with Gasteiger partial charge in [0, 0.05) is 57.1 Å². The Kier molecular flexibility index (Phi) is 16.4. The number of anilines is 3. The van der Waals surface area contributed by atoms with E-state index in [2.05, 4.69) is 161 Å². The van der Waals surface area contributed by atoms with Crippen LogP contribution in [0.2, 0.25) is 0 Å². The molecule has 0 aromatic heterocycles. The smallest absolute Gasteiger partial charge is 0.325 e. The Bertz CT molecular complexity index is 2170. The monoisotopic (exact) mass is 933 g/mol. The summed E-state index contributed by atoms with van der Waals surface area (Å²) in [5.41, 5.74) is 13.2. The lowest BCUT2D eigenvalue weighted by Crippen LogP contribution is -2.51. The highest BCUT2D eigenvalue weighted by atomic mass is 31.0. The van der Waals surface area contributed by atoms with Gasteiger partial charge in [0.1, 0.15) is 0 Å². The SMILES string of the molecule is Cc1ccc(N2C(=O)N(C)C(C)(C)[C@@H]2C(C)C)c(C)c1C.Cc1ccc(N2C(=O)N(C)C(C)(C)[C@@H]2C(C)OP)c(C)c1C.Cc1ccc(N2C(=O)N(C)C(C)(C)[C@@H]2[C@@H](C)OP)c(C)c1C. The number of carbonyl (C=O) groups excluding carboxylic acids is 3. The largest absolute Gasteiger partial charge is 0.360 e. The van der Waals surface area contributed by atoms with E-state index in [1.807, 2.05) is 76.5 Å². The Morgan fingerprint density at radius 2 is 0.662 bits per heavy atom. The molecular formula is C52H82N6O5P2. The Hall–Kier alpha value is -3.75. The van der Waals surface area contributed by atoms with Gasteiger partial charge in [-0.15, -0.1) is 0 Å². The number of carbonyl (C=O) groups is 3. The average molecular weight is 933 g/mol. The summed E-state index contributed by atoms with van der Waals surface area (Å²) < 4.78 is 11.0. The van der Waals surface area contributed by atoms with Crippen molar-refractivity contribution < 1.29 is 23.4 Å². The molecule has 11 nitrogen and oxygen atoms in total. The number of nitrogens with zero attached hydrogens (tertiary/aromatic N) is 6. The summed E-state index contributed by atoms with van der Waals surface area (Å²) in [6.45, 7) is 40.0. The second kappa shape index (κ2) is 19.8. The van der Waals surface area contributed by atoms with Crippen LogP contribution in [-0.4, -0.2) is 101 Å². The molecule has 65 heavy (non-hydrogen) atoms. The molecule has 0 saturated carbocycles. The third-order valence-electron chi connectivity index (χ3n) is 15.9. The zero-order valence-corrected chi connectivity index (χ0v) is 46.1. The zero-order valence-electron chi connectivity index (χ0n) is 43.8. The molecule has 3 heterocycles. The van der Waals surface area contributed by atoms with Gasteiger partial charge < -0.3 is 23.7 Å². The number of hydrogen-bond acceptors (Lipinski definition) is 5. The molecule has 3 unspecified atom stereocenters. The lowest BCUT2D eigenvalue weighted by Gasteiger charge is -2.37. The van der Waals surface area contributed by atoms with Crippen molar-refractivity contribution in [3.05, 3.63) is 86.5 Å². The summed E-state index contributed by atoms with van der Waals surface area (Å²) in [6.07, 6.45) is -0.176. The quantitative estimate of drug-likeness (QED) is 0.210. The molecule has 3 fully saturated rings. The van der Waals surface area contributed by atoms with E-state index in [0.29, 0.717) is 5.92 Å². The molecule has 0 aliphatic carbocycles. The van der Waals surface area contributed by atoms with Gasteiger partial charge in [-0.2, -0.15) is 0 Å². The van der Waals surface area contributed by atoms with Gasteiger partial charge in [-0.3, -0.25) is 14.7 Å². The van der Waals surface area contributed by atoms with Crippen molar-refractivity contribution in [1.82, 2.24) is 14.7 Å². The summed E-state index contributed by atoms with van der Waals surface area (Å²) in [7, 11) is 10.3. The maximum absolute atomic E-state index is 12.9. The van der Waals surface area contributed by atoms with Crippen LogP contribution in [0.25, 0.3) is 0 Å². The van der Waals surface area contributed by atoms with Gasteiger partial charge in [0.25, 0.3) is 0 Å². The van der Waals surface area contributed by atoms with Crippen LogP contribution in [0, 0.1) is 68.2 Å². The number of rotatable bonds is 8. The van der Waals surface area contributed by atoms with Crippen LogP contribution in [0.4, 0.5) is 31.4 Å². The molecule has 6 rings (SSSR count). The molecule has 3 aromatic carbocycles. The fourth-order valence-corrected chi connectivity index (χ4v) is 10.6. The average Bonchev–Trinajstić information content (AvgIpc) is 3.63. The van der Waals surface area contributed by atoms with Gasteiger partial charge in [-0.1, -0.05) is 32.0 Å². The Balaban J connectivity index is 0.000000213. The van der Waals surface area contributed by atoms with Crippen molar-refractivity contribution in [3.63, 3.8) is 0 Å². The van der Waals surface area contributed by atoms with E-state index >= 15 is 0 Å². The van der Waals surface area contributed by atoms with Crippen LogP contribution in [0.15, 0.2) is 36.4 Å². The van der Waals surface area contributed by atoms with E-state index in [1.165, 1.54) is 38.9 Å². The lowest BCUT2D eigenvalue weighted by atomic mass is 9.85. The zero-order chi connectivity index (χ0) is 49.7. The van der Waals surface area contributed by atoms with Crippen molar-refractivity contribution in [2.45, 2.75) is 179 Å². The van der Waals surface area contributed by atoms with Crippen LogP contribution >= 0.6 is 18.9 Å². The molecule has 0 bridgehead atoms. The molecule has 0 N–H and O–H groups in total. The fourth-order valence-electron chi connectivity index (χ4n) is 10.3. The van der Waals surface area contributed by atoms with Gasteiger partial charge in [-0.25, -0.2) is 14.4 Å². The second-order valence-electron chi connectivity index (χ2n) is 20.8. The first-order chi connectivity index (χ1) is 29.9. The minimum atomic E-state index is -0.307. The second-order valence-corrected chi connectivity index (χ2v) is 21.4. The van der Waals surface area contributed by atoms with Crippen molar-refractivity contribution >= 4 is 54.1 Å². The number of aryl methyl sites for hydroxylation is 3. The van der Waals surface area contributed by atoms with Gasteiger partial charge in [0.15, 0.2) is 0 Å². The maximum atomic E-state index is 12.9. The maximum Gasteiger partial charge on any atom is 0.325 e. The lowest BCUT2D eigenvalue weighted by molar-refractivity contribution is 0.135. The van der Waals surface area contributed by atoms with E-state index in [9.17, 15) is 14.4 Å². The van der Waals surface area contributed by atoms with E-state index in [0.717, 1.165) is 28.2 Å². The van der Waals surface area contributed by atoms with Crippen LogP contribution in [0.1, 0.15) is 119 Å². The first-order valence-corrected chi connectivity index (χ1v) is 24.0. The summed E-state index contributed by atoms with van der Waals surface area (Å²) in [4.78, 5) is 49.9. The Morgan fingerprint density at radius 3 is 0.892 bits per heavy atom. The minimum absolute atomic E-state index is 0.0234. The summed E-state index contributed by atoms with van der Waals surface area (Å²) >= 11 is 0. The highest BCUT2D eigenvalue weighted by molar-refractivity contribution is 7.10. The molecule has 6 amide bonds. The standard InChI is InChI=1S/C18H28N2O.2C17H27N2O2P/c1-11(2)16-18(6,7)19(8)17(21)20(16)15-10-9-12(3)13(4)14(15)5;2*1-10-8-9-14(12(3)11(10)2)19-15(13(4)21-22)17(5,6)18(7)16(19)20/h9-11,16H,1-8H3;2*8-9,13,15H,22H2,1-7H3/t16-;13?,15-;13-,15+/m001/s1. The molecular weight excluding hydrogens is 851 g/mol. The van der Waals surface area contributed by atoms with Crippen LogP contribution < -0.4 is 14.7 Å². The highest BCUT2D eigenvalue weighted by Gasteiger charge is 2.55. The number of amides is 6. The van der Waals surface area contributed by atoms with Crippen molar-refractivity contribution in [2.24, 2.45) is 5.92 Å². The van der Waals surface area contributed by atoms with Gasteiger partial charge in [-0.05, 0) is 192 Å². The first kappa shape index (κ1) is 53.9. The van der Waals surface area contributed by atoms with Gasteiger partial charge >= 0.3 is 18.1 Å². The molecule has 3 saturated heterocycles. The van der Waals surface area contributed by atoms with E-state index in [4.69, 9.17) is 9.05 Å². The van der Waals surface area contributed by atoms with Crippen molar-refractivity contribution in [1.29, 1.82) is 0 Å². The van der Waals surface area contributed by atoms with E-state index in [1.54, 1.807) is 0 Å². The van der Waals surface area contributed by atoms with E-state index in [-0.39, 0.29) is 65.0 Å². The fraction of sp³-hybridized carbons (Fsp3) is 0.596. The minimum Gasteiger partial charge on any atom is -0.360 e. The highest BCUT2D eigenvalue weighted by Crippen LogP contribution is 2.43. The van der Waals surface area contributed by atoms with Crippen LogP contribution in [0.3, 0.4) is 0 Å². The van der Waals surface area contributed by atoms with Crippen molar-refractivity contribution in [3.8, 4) is 0 Å². The third-order valence-corrected chi connectivity index (χ3v) is 16.8. The molecule has 0 radical (unpaired) electrons. The number of urea groups is 3. The third kappa shape index (κ3) is 9.43. The molecule has 7 atom stereocenters. The predicted octanol–water partition coefficient (Wildman–Crippen LogP) is 11.9. The number of hydrogen-bond donors (Lipinski definition) is 0. The molecule has 0 spiro atoms. The molecule has 3 aliphatic rings. The van der Waals surface area contributed by atoms with Gasteiger partial charge in [0.05, 0.1) is 47.0 Å². The van der Waals surface area contributed by atoms with Gasteiger partial charge in [0.2, 0.25) is 0 Å². The van der Waals surface area contributed by atoms with Crippen LogP contribution in [-0.2, 0) is 9.05 Å². The predicted molar refractivity (Wildman–Crippen MR) is 278 cm³/mol. The first-order valence-electron chi connectivity index (χ1n) is 23.0. The molecule has 360 valence electrons. The number of likely N-dealkylation sites (N-methyl/N-ethyl adjacent to an activating group) is 3. The number of benzene rings is 3. The Labute approximate surface area is 397 Å². The normalized spacial score (nSPS) is 22.1. The molecule has 3 aromatic rings. The summed E-state index contributed by atoms with van der Waals surface area (Å²) in [5, 5.41) is 0. The van der Waals surface area contributed by atoms with Crippen LogP contribution in [0.5, 0.6) is 0 Å². The van der Waals surface area contributed by atoms with E-state index < -0.39 is 0 Å². The summed E-state index contributed by atoms with van der Waals surface area (Å²) in [6, 6.07) is 12.7.